The molecule has 2 aromatic heterocycles. The Kier molecular flexibility index (Phi) is 5.13. The van der Waals surface area contributed by atoms with Crippen LogP contribution in [0.4, 0.5) is 4.39 Å². The first-order chi connectivity index (χ1) is 12.8. The molecule has 0 radical (unpaired) electrons. The molecule has 0 saturated heterocycles. The van der Waals surface area contributed by atoms with Gasteiger partial charge in [-0.25, -0.2) is 9.18 Å². The Morgan fingerprint density at radius 1 is 1.19 bits per heavy atom. The van der Waals surface area contributed by atoms with Gasteiger partial charge in [-0.3, -0.25) is 9.20 Å². The number of hydrogen-bond acceptors (Lipinski definition) is 3. The maximum atomic E-state index is 13.3. The summed E-state index contributed by atoms with van der Waals surface area (Å²) in [4.78, 5) is 25.1. The highest BCUT2D eigenvalue weighted by Gasteiger charge is 2.20. The molecule has 140 valence electrons. The Bertz CT molecular complexity index is 1070. The third-order valence-corrected chi connectivity index (χ3v) is 4.69. The van der Waals surface area contributed by atoms with Crippen LogP contribution in [0.1, 0.15) is 48.2 Å². The maximum Gasteiger partial charge on any atom is 0.343 e. The van der Waals surface area contributed by atoms with Crippen molar-refractivity contribution >= 4 is 11.5 Å². The van der Waals surface area contributed by atoms with Gasteiger partial charge in [0, 0.05) is 6.20 Å². The molecular formula is C22H22FNO3. The fourth-order valence-electron chi connectivity index (χ4n) is 3.33. The van der Waals surface area contributed by atoms with Crippen molar-refractivity contribution in [1.29, 1.82) is 0 Å². The summed E-state index contributed by atoms with van der Waals surface area (Å²) in [5.74, 6) is -0.814. The van der Waals surface area contributed by atoms with Crippen LogP contribution < -0.4 is 5.56 Å². The summed E-state index contributed by atoms with van der Waals surface area (Å²) in [7, 11) is 0. The van der Waals surface area contributed by atoms with Crippen LogP contribution in [0.2, 0.25) is 0 Å². The molecule has 0 aliphatic rings. The van der Waals surface area contributed by atoms with Crippen LogP contribution in [0.25, 0.3) is 16.6 Å². The number of aryl methyl sites for hydroxylation is 1. The molecule has 5 heteroatoms. The zero-order valence-electron chi connectivity index (χ0n) is 15.9. The van der Waals surface area contributed by atoms with Gasteiger partial charge in [-0.15, -0.1) is 0 Å². The van der Waals surface area contributed by atoms with Gasteiger partial charge in [0.25, 0.3) is 5.56 Å². The normalized spacial score (nSPS) is 11.2. The van der Waals surface area contributed by atoms with Crippen molar-refractivity contribution in [3.63, 3.8) is 0 Å². The second-order valence-corrected chi connectivity index (χ2v) is 6.77. The molecule has 0 N–H and O–H groups in total. The number of nitrogens with zero attached hydrogens (tertiary/aromatic N) is 1. The zero-order chi connectivity index (χ0) is 19.7. The third-order valence-electron chi connectivity index (χ3n) is 4.69. The highest BCUT2D eigenvalue weighted by molar-refractivity contribution is 5.90. The molecule has 0 aliphatic heterocycles. The Morgan fingerprint density at radius 2 is 1.85 bits per heavy atom. The minimum absolute atomic E-state index is 0.0342. The minimum Gasteiger partial charge on any atom is -0.462 e. The SMILES string of the molecule is CCOC(=O)c1cc(C(C)C)c2c(C)c(-c3ccc(F)cc3)ccn2c1=O. The number of ether oxygens (including phenoxy) is 1. The first-order valence-electron chi connectivity index (χ1n) is 8.97. The van der Waals surface area contributed by atoms with Crippen molar-refractivity contribution in [3.8, 4) is 11.1 Å². The average Bonchev–Trinajstić information content (AvgIpc) is 2.63. The second-order valence-electron chi connectivity index (χ2n) is 6.77. The van der Waals surface area contributed by atoms with Gasteiger partial charge in [-0.05, 0) is 66.3 Å². The molecular weight excluding hydrogens is 345 g/mol. The van der Waals surface area contributed by atoms with Gasteiger partial charge in [0.1, 0.15) is 11.4 Å². The third kappa shape index (κ3) is 3.37. The Hall–Kier alpha value is -2.95. The molecule has 0 spiro atoms. The van der Waals surface area contributed by atoms with Crippen LogP contribution in [0, 0.1) is 12.7 Å². The van der Waals surface area contributed by atoms with Gasteiger partial charge in [0.2, 0.25) is 0 Å². The summed E-state index contributed by atoms with van der Waals surface area (Å²) in [6.07, 6.45) is 1.66. The van der Waals surface area contributed by atoms with Gasteiger partial charge in [0.15, 0.2) is 0 Å². The number of carbonyl (C=O) groups is 1. The summed E-state index contributed by atoms with van der Waals surface area (Å²) in [6, 6.07) is 9.72. The molecule has 3 aromatic rings. The van der Waals surface area contributed by atoms with Crippen LogP contribution in [0.3, 0.4) is 0 Å². The Morgan fingerprint density at radius 3 is 2.44 bits per heavy atom. The van der Waals surface area contributed by atoms with E-state index in [0.717, 1.165) is 27.8 Å². The molecule has 0 atom stereocenters. The van der Waals surface area contributed by atoms with Gasteiger partial charge in [-0.2, -0.15) is 0 Å². The molecule has 0 fully saturated rings. The van der Waals surface area contributed by atoms with Gasteiger partial charge in [0.05, 0.1) is 12.1 Å². The van der Waals surface area contributed by atoms with E-state index in [1.807, 2.05) is 26.8 Å². The van der Waals surface area contributed by atoms with E-state index in [9.17, 15) is 14.0 Å². The molecule has 1 aromatic carbocycles. The van der Waals surface area contributed by atoms with E-state index in [-0.39, 0.29) is 23.9 Å². The second kappa shape index (κ2) is 7.35. The standard InChI is InChI=1S/C22H22FNO3/c1-5-27-22(26)19-12-18(13(2)3)20-14(4)17(10-11-24(20)21(19)25)15-6-8-16(23)9-7-15/h6-13H,5H2,1-4H3. The van der Waals surface area contributed by atoms with E-state index in [4.69, 9.17) is 4.74 Å². The number of benzene rings is 1. The predicted molar refractivity (Wildman–Crippen MR) is 104 cm³/mol. The number of esters is 1. The molecule has 27 heavy (non-hydrogen) atoms. The first kappa shape index (κ1) is 18.8. The molecule has 0 aliphatic carbocycles. The van der Waals surface area contributed by atoms with Gasteiger partial charge >= 0.3 is 5.97 Å². The van der Waals surface area contributed by atoms with Crippen LogP contribution in [-0.2, 0) is 4.74 Å². The van der Waals surface area contributed by atoms with Gasteiger partial charge in [-0.1, -0.05) is 26.0 Å². The number of fused-ring (bicyclic) bond motifs is 1. The maximum absolute atomic E-state index is 13.3. The van der Waals surface area contributed by atoms with Crippen LogP contribution in [0.15, 0.2) is 47.4 Å². The lowest BCUT2D eigenvalue weighted by Crippen LogP contribution is -2.25. The highest BCUT2D eigenvalue weighted by atomic mass is 19.1. The Balaban J connectivity index is 2.33. The number of hydrogen-bond donors (Lipinski definition) is 0. The number of carbonyl (C=O) groups excluding carboxylic acids is 1. The highest BCUT2D eigenvalue weighted by Crippen LogP contribution is 2.30. The fraction of sp³-hybridized carbons (Fsp3) is 0.273. The summed E-state index contributed by atoms with van der Waals surface area (Å²) in [6.45, 7) is 7.88. The van der Waals surface area contributed by atoms with Crippen molar-refractivity contribution in [2.75, 3.05) is 6.61 Å². The summed E-state index contributed by atoms with van der Waals surface area (Å²) < 4.78 is 19.8. The summed E-state index contributed by atoms with van der Waals surface area (Å²) in [5, 5.41) is 0. The predicted octanol–water partition coefficient (Wildman–Crippen LogP) is 4.71. The number of rotatable bonds is 4. The van der Waals surface area contributed by atoms with E-state index >= 15 is 0 Å². The molecule has 0 unspecified atom stereocenters. The molecule has 0 amide bonds. The quantitative estimate of drug-likeness (QED) is 0.627. The van der Waals surface area contributed by atoms with Crippen LogP contribution in [0.5, 0.6) is 0 Å². The average molecular weight is 367 g/mol. The fourth-order valence-corrected chi connectivity index (χ4v) is 3.33. The van der Waals surface area contributed by atoms with Crippen molar-refractivity contribution in [2.24, 2.45) is 0 Å². The van der Waals surface area contributed by atoms with E-state index in [2.05, 4.69) is 0 Å². The topological polar surface area (TPSA) is 47.8 Å². The first-order valence-corrected chi connectivity index (χ1v) is 8.97. The number of pyridine rings is 2. The smallest absolute Gasteiger partial charge is 0.343 e. The minimum atomic E-state index is -0.612. The van der Waals surface area contributed by atoms with E-state index < -0.39 is 11.5 Å². The number of aromatic nitrogens is 1. The van der Waals surface area contributed by atoms with E-state index in [0.29, 0.717) is 0 Å². The lowest BCUT2D eigenvalue weighted by Gasteiger charge is -2.18. The van der Waals surface area contributed by atoms with Gasteiger partial charge < -0.3 is 4.74 Å². The van der Waals surface area contributed by atoms with Crippen LogP contribution in [-0.4, -0.2) is 17.0 Å². The van der Waals surface area contributed by atoms with Crippen molar-refractivity contribution < 1.29 is 13.9 Å². The molecule has 0 bridgehead atoms. The molecule has 0 saturated carbocycles. The number of halogens is 1. The summed E-state index contributed by atoms with van der Waals surface area (Å²) >= 11 is 0. The zero-order valence-corrected chi connectivity index (χ0v) is 15.9. The monoisotopic (exact) mass is 367 g/mol. The van der Waals surface area contributed by atoms with E-state index in [1.54, 1.807) is 31.3 Å². The van der Waals surface area contributed by atoms with Crippen molar-refractivity contribution in [2.45, 2.75) is 33.6 Å². The largest absolute Gasteiger partial charge is 0.462 e. The van der Waals surface area contributed by atoms with Crippen molar-refractivity contribution in [3.05, 3.63) is 75.5 Å². The Labute approximate surface area is 157 Å². The lowest BCUT2D eigenvalue weighted by molar-refractivity contribution is 0.0524. The molecule has 3 rings (SSSR count). The van der Waals surface area contributed by atoms with Crippen molar-refractivity contribution in [1.82, 2.24) is 4.40 Å². The van der Waals surface area contributed by atoms with Crippen LogP contribution >= 0.6 is 0 Å². The lowest BCUT2D eigenvalue weighted by atomic mass is 9.94. The van der Waals surface area contributed by atoms with E-state index in [1.165, 1.54) is 16.5 Å². The molecule has 2 heterocycles. The summed E-state index contributed by atoms with van der Waals surface area (Å²) in [5.41, 5.74) is 3.98. The molecule has 4 nitrogen and oxygen atoms in total.